The van der Waals surface area contributed by atoms with E-state index >= 15 is 0 Å². The molecule has 25 heavy (non-hydrogen) atoms. The summed E-state index contributed by atoms with van der Waals surface area (Å²) >= 11 is 1.65. The third-order valence-electron chi connectivity index (χ3n) is 4.29. The zero-order valence-corrected chi connectivity index (χ0v) is 15.7. The maximum atomic E-state index is 4.77. The molecule has 0 amide bonds. The molecule has 0 spiro atoms. The van der Waals surface area contributed by atoms with Crippen molar-refractivity contribution in [3.63, 3.8) is 0 Å². The van der Waals surface area contributed by atoms with Gasteiger partial charge in [-0.1, -0.05) is 30.9 Å². The molecule has 4 nitrogen and oxygen atoms in total. The molecule has 0 radical (unpaired) electrons. The number of allylic oxidation sites excluding steroid dienone is 2. The van der Waals surface area contributed by atoms with Gasteiger partial charge in [0.1, 0.15) is 11.7 Å². The monoisotopic (exact) mass is 352 g/mol. The van der Waals surface area contributed by atoms with E-state index in [0.717, 1.165) is 66.7 Å². The van der Waals surface area contributed by atoms with E-state index < -0.39 is 0 Å². The summed E-state index contributed by atoms with van der Waals surface area (Å²) < 4.78 is 0. The quantitative estimate of drug-likeness (QED) is 0.588. The molecule has 0 saturated carbocycles. The van der Waals surface area contributed by atoms with Crippen molar-refractivity contribution < 1.29 is 0 Å². The molecular formula is C20H24N4S. The third-order valence-corrected chi connectivity index (χ3v) is 4.78. The number of hydrogen-bond donors (Lipinski definition) is 0. The topological polar surface area (TPSA) is 40.9 Å². The van der Waals surface area contributed by atoms with Gasteiger partial charge in [0.25, 0.3) is 0 Å². The zero-order valence-electron chi connectivity index (χ0n) is 14.9. The van der Waals surface area contributed by atoms with Crippen molar-refractivity contribution in [2.45, 2.75) is 26.2 Å². The molecule has 0 saturated heterocycles. The molecule has 0 atom stereocenters. The van der Waals surface area contributed by atoms with E-state index in [0.29, 0.717) is 0 Å². The van der Waals surface area contributed by atoms with Gasteiger partial charge < -0.3 is 4.90 Å². The summed E-state index contributed by atoms with van der Waals surface area (Å²) in [6, 6.07) is 4.18. The second-order valence-electron chi connectivity index (χ2n) is 6.09. The number of rotatable bonds is 3. The fourth-order valence-corrected chi connectivity index (χ4v) is 3.51. The maximum Gasteiger partial charge on any atom is 0.158 e. The van der Waals surface area contributed by atoms with Crippen molar-refractivity contribution in [3.8, 4) is 0 Å². The van der Waals surface area contributed by atoms with Crippen molar-refractivity contribution in [1.29, 1.82) is 0 Å². The van der Waals surface area contributed by atoms with Crippen molar-refractivity contribution in [1.82, 2.24) is 9.88 Å². The van der Waals surface area contributed by atoms with Crippen LogP contribution in [0.5, 0.6) is 0 Å². The molecule has 0 unspecified atom stereocenters. The van der Waals surface area contributed by atoms with Crippen LogP contribution < -0.4 is 0 Å². The summed E-state index contributed by atoms with van der Waals surface area (Å²) in [6.45, 7) is 7.87. The molecule has 130 valence electrons. The fourth-order valence-electron chi connectivity index (χ4n) is 3.04. The number of pyridine rings is 1. The highest BCUT2D eigenvalue weighted by Gasteiger charge is 2.18. The van der Waals surface area contributed by atoms with E-state index in [1.165, 1.54) is 0 Å². The van der Waals surface area contributed by atoms with Gasteiger partial charge in [0.05, 0.1) is 5.69 Å². The first-order valence-electron chi connectivity index (χ1n) is 8.59. The normalized spacial score (nSPS) is 18.0. The molecule has 2 aliphatic rings. The molecule has 3 rings (SSSR count). The van der Waals surface area contributed by atoms with Crippen LogP contribution in [0.25, 0.3) is 5.57 Å². The molecule has 0 fully saturated rings. The number of aliphatic imine (C=N–C) groups is 2. The first-order chi connectivity index (χ1) is 12.2. The number of thioether (sulfide) groups is 1. The fraction of sp³-hybridized carbons (Fsp3) is 0.350. The van der Waals surface area contributed by atoms with E-state index in [2.05, 4.69) is 46.2 Å². The van der Waals surface area contributed by atoms with Gasteiger partial charge in [0.15, 0.2) is 5.82 Å². The summed E-state index contributed by atoms with van der Waals surface area (Å²) in [4.78, 5) is 16.6. The van der Waals surface area contributed by atoms with Crippen LogP contribution in [-0.2, 0) is 6.42 Å². The molecule has 1 aromatic rings. The highest BCUT2D eigenvalue weighted by molar-refractivity contribution is 8.01. The predicted octanol–water partition coefficient (Wildman–Crippen LogP) is 4.63. The molecule has 0 aliphatic carbocycles. The standard InChI is InChI=1S/C20H24N4S/c1-4-16(14-25-3)18-10-9-17-13-19(21-15(2)22-20(17)23-18)24-11-7-5-6-8-12-24/h4-6,9-10,14H,1,7-8,11-13H2,2-3H3/b16-14+. The number of aromatic nitrogens is 1. The van der Waals surface area contributed by atoms with Crippen molar-refractivity contribution in [2.75, 3.05) is 19.3 Å². The molecule has 5 heteroatoms. The molecule has 2 aliphatic heterocycles. The van der Waals surface area contributed by atoms with E-state index in [1.54, 1.807) is 11.8 Å². The Balaban J connectivity index is 1.91. The van der Waals surface area contributed by atoms with Gasteiger partial charge in [-0.2, -0.15) is 0 Å². The first kappa shape index (κ1) is 17.7. The van der Waals surface area contributed by atoms with Gasteiger partial charge >= 0.3 is 0 Å². The first-order valence-corrected chi connectivity index (χ1v) is 9.88. The molecular weight excluding hydrogens is 328 g/mol. The summed E-state index contributed by atoms with van der Waals surface area (Å²) in [5.41, 5.74) is 3.05. The number of hydrogen-bond acceptors (Lipinski definition) is 5. The Hall–Kier alpha value is -2.14. The van der Waals surface area contributed by atoms with Gasteiger partial charge in [-0.3, -0.25) is 0 Å². The molecule has 1 aromatic heterocycles. The lowest BCUT2D eigenvalue weighted by atomic mass is 10.1. The van der Waals surface area contributed by atoms with Gasteiger partial charge in [0.2, 0.25) is 0 Å². The van der Waals surface area contributed by atoms with Crippen LogP contribution in [-0.4, -0.2) is 40.9 Å². The van der Waals surface area contributed by atoms with Crippen LogP contribution in [0.3, 0.4) is 0 Å². The van der Waals surface area contributed by atoms with Gasteiger partial charge in [0, 0.05) is 30.6 Å². The van der Waals surface area contributed by atoms with Gasteiger partial charge in [-0.05, 0) is 37.5 Å². The largest absolute Gasteiger partial charge is 0.359 e. The second-order valence-corrected chi connectivity index (χ2v) is 6.80. The van der Waals surface area contributed by atoms with Crippen LogP contribution in [0.2, 0.25) is 0 Å². The van der Waals surface area contributed by atoms with E-state index in [1.807, 2.05) is 19.3 Å². The maximum absolute atomic E-state index is 4.77. The summed E-state index contributed by atoms with van der Waals surface area (Å²) in [6.07, 6.45) is 11.3. The molecule has 0 aromatic carbocycles. The highest BCUT2D eigenvalue weighted by Crippen LogP contribution is 2.26. The smallest absolute Gasteiger partial charge is 0.158 e. The van der Waals surface area contributed by atoms with Crippen molar-refractivity contribution in [2.24, 2.45) is 9.98 Å². The Labute approximate surface area is 154 Å². The van der Waals surface area contributed by atoms with Gasteiger partial charge in [-0.25, -0.2) is 15.0 Å². The molecule has 3 heterocycles. The minimum Gasteiger partial charge on any atom is -0.359 e. The molecule has 0 bridgehead atoms. The van der Waals surface area contributed by atoms with Crippen molar-refractivity contribution in [3.05, 3.63) is 53.6 Å². The summed E-state index contributed by atoms with van der Waals surface area (Å²) in [5, 5.41) is 2.06. The second kappa shape index (κ2) is 8.30. The van der Waals surface area contributed by atoms with E-state index in [4.69, 9.17) is 9.98 Å². The van der Waals surface area contributed by atoms with Crippen LogP contribution in [0, 0.1) is 0 Å². The minimum atomic E-state index is 0.768. The van der Waals surface area contributed by atoms with Crippen LogP contribution in [0.1, 0.15) is 31.0 Å². The lowest BCUT2D eigenvalue weighted by Gasteiger charge is -2.24. The lowest BCUT2D eigenvalue weighted by molar-refractivity contribution is 0.435. The van der Waals surface area contributed by atoms with Crippen LogP contribution in [0.4, 0.5) is 5.82 Å². The SMILES string of the molecule is C=C/C(=C\SC)c1ccc2c(n1)N=C(C)N=C(N1CCC=CCC1)C2. The minimum absolute atomic E-state index is 0.768. The van der Waals surface area contributed by atoms with Gasteiger partial charge in [-0.15, -0.1) is 11.8 Å². The van der Waals surface area contributed by atoms with Crippen LogP contribution in [0.15, 0.2) is 52.3 Å². The Bertz CT molecular complexity index is 764. The number of fused-ring (bicyclic) bond motifs is 1. The van der Waals surface area contributed by atoms with E-state index in [9.17, 15) is 0 Å². The van der Waals surface area contributed by atoms with E-state index in [-0.39, 0.29) is 0 Å². The zero-order chi connectivity index (χ0) is 17.6. The number of nitrogens with zero attached hydrogens (tertiary/aromatic N) is 4. The Morgan fingerprint density at radius 2 is 1.96 bits per heavy atom. The average molecular weight is 353 g/mol. The van der Waals surface area contributed by atoms with Crippen LogP contribution >= 0.6 is 11.8 Å². The predicted molar refractivity (Wildman–Crippen MR) is 110 cm³/mol. The summed E-state index contributed by atoms with van der Waals surface area (Å²) in [7, 11) is 0. The Morgan fingerprint density at radius 3 is 2.64 bits per heavy atom. The highest BCUT2D eigenvalue weighted by atomic mass is 32.2. The van der Waals surface area contributed by atoms with Crippen molar-refractivity contribution >= 4 is 34.8 Å². The Kier molecular flexibility index (Phi) is 5.87. The Morgan fingerprint density at radius 1 is 1.20 bits per heavy atom. The summed E-state index contributed by atoms with van der Waals surface area (Å²) in [5.74, 6) is 2.64. The number of amidine groups is 2. The average Bonchev–Trinajstić information content (AvgIpc) is 2.97. The lowest BCUT2D eigenvalue weighted by Crippen LogP contribution is -2.33. The molecule has 0 N–H and O–H groups in total. The third kappa shape index (κ3) is 4.28.